The Hall–Kier alpha value is -0.0400. The number of fused-ring (bicyclic) bond motifs is 2. The maximum atomic E-state index is 9.70. The van der Waals surface area contributed by atoms with E-state index >= 15 is 0 Å². The molecule has 0 spiro atoms. The highest BCUT2D eigenvalue weighted by Crippen LogP contribution is 2.57. The summed E-state index contributed by atoms with van der Waals surface area (Å²) in [5, 5.41) is 9.70. The molecule has 2 aliphatic rings. The molecule has 2 aliphatic carbocycles. The van der Waals surface area contributed by atoms with Crippen LogP contribution in [-0.4, -0.2) is 11.7 Å². The molecule has 0 heterocycles. The number of rotatable bonds is 5. The summed E-state index contributed by atoms with van der Waals surface area (Å²) in [6.45, 7) is 5.05. The lowest BCUT2D eigenvalue weighted by Gasteiger charge is -2.36. The summed E-state index contributed by atoms with van der Waals surface area (Å²) in [6.07, 6.45) is 9.52. The molecule has 2 rings (SSSR count). The molecule has 0 saturated heterocycles. The van der Waals surface area contributed by atoms with Crippen LogP contribution in [0.4, 0.5) is 0 Å². The highest BCUT2D eigenvalue weighted by Gasteiger charge is 2.49. The molecule has 0 aliphatic heterocycles. The van der Waals surface area contributed by atoms with Gasteiger partial charge in [0.2, 0.25) is 0 Å². The van der Waals surface area contributed by atoms with Gasteiger partial charge in [-0.05, 0) is 48.9 Å². The molecule has 3 atom stereocenters. The van der Waals surface area contributed by atoms with E-state index in [0.717, 1.165) is 17.8 Å². The van der Waals surface area contributed by atoms with Crippen LogP contribution < -0.4 is 0 Å². The lowest BCUT2D eigenvalue weighted by Crippen LogP contribution is -2.31. The van der Waals surface area contributed by atoms with Gasteiger partial charge in [0, 0.05) is 6.61 Å². The van der Waals surface area contributed by atoms with Crippen molar-refractivity contribution in [3.8, 4) is 0 Å². The fourth-order valence-corrected chi connectivity index (χ4v) is 4.00. The third-order valence-corrected chi connectivity index (χ3v) is 4.87. The molecule has 1 nitrogen and oxygen atoms in total. The van der Waals surface area contributed by atoms with Crippen molar-refractivity contribution in [1.29, 1.82) is 0 Å². The zero-order valence-electron chi connectivity index (χ0n) is 10.3. The van der Waals surface area contributed by atoms with E-state index in [-0.39, 0.29) is 0 Å². The molecule has 88 valence electrons. The summed E-state index contributed by atoms with van der Waals surface area (Å²) in [6, 6.07) is 0. The first-order valence-corrected chi connectivity index (χ1v) is 6.77. The minimum Gasteiger partial charge on any atom is -0.396 e. The van der Waals surface area contributed by atoms with Crippen LogP contribution in [-0.2, 0) is 0 Å². The van der Waals surface area contributed by atoms with Crippen LogP contribution in [0.3, 0.4) is 0 Å². The predicted octanol–water partition coefficient (Wildman–Crippen LogP) is 3.61. The van der Waals surface area contributed by atoms with E-state index in [1.54, 1.807) is 0 Å². The normalized spacial score (nSPS) is 39.2. The molecule has 2 saturated carbocycles. The molecular formula is C14H26O. The first-order chi connectivity index (χ1) is 7.16. The Kier molecular flexibility index (Phi) is 3.39. The van der Waals surface area contributed by atoms with Crippen molar-refractivity contribution in [2.75, 3.05) is 6.61 Å². The highest BCUT2D eigenvalue weighted by atomic mass is 16.3. The van der Waals surface area contributed by atoms with Crippen molar-refractivity contribution in [3.63, 3.8) is 0 Å². The van der Waals surface area contributed by atoms with Gasteiger partial charge in [-0.15, -0.1) is 0 Å². The SMILES string of the molecule is CC(C)CCCC1(CO)CC2CCC1C2. The summed E-state index contributed by atoms with van der Waals surface area (Å²) in [5.41, 5.74) is 0.345. The number of aliphatic hydroxyl groups excluding tert-OH is 1. The highest BCUT2D eigenvalue weighted by molar-refractivity contribution is 4.99. The summed E-state index contributed by atoms with van der Waals surface area (Å²) in [5.74, 6) is 2.64. The first-order valence-electron chi connectivity index (χ1n) is 6.77. The smallest absolute Gasteiger partial charge is 0.0490 e. The number of hydrogen-bond acceptors (Lipinski definition) is 1. The van der Waals surface area contributed by atoms with Gasteiger partial charge in [0.25, 0.3) is 0 Å². The number of aliphatic hydroxyl groups is 1. The molecule has 2 fully saturated rings. The topological polar surface area (TPSA) is 20.2 Å². The second-order valence-electron chi connectivity index (χ2n) is 6.39. The fourth-order valence-electron chi connectivity index (χ4n) is 4.00. The molecule has 0 radical (unpaired) electrons. The molecule has 0 amide bonds. The predicted molar refractivity (Wildman–Crippen MR) is 63.7 cm³/mol. The van der Waals surface area contributed by atoms with Crippen molar-refractivity contribution in [1.82, 2.24) is 0 Å². The Bertz CT molecular complexity index is 211. The van der Waals surface area contributed by atoms with Gasteiger partial charge in [-0.1, -0.05) is 33.1 Å². The Balaban J connectivity index is 1.86. The van der Waals surface area contributed by atoms with Gasteiger partial charge in [0.15, 0.2) is 0 Å². The molecular weight excluding hydrogens is 184 g/mol. The van der Waals surface area contributed by atoms with Gasteiger partial charge in [0.1, 0.15) is 0 Å². The van der Waals surface area contributed by atoms with Crippen molar-refractivity contribution in [2.24, 2.45) is 23.2 Å². The Morgan fingerprint density at radius 1 is 1.33 bits per heavy atom. The second-order valence-corrected chi connectivity index (χ2v) is 6.39. The van der Waals surface area contributed by atoms with Crippen molar-refractivity contribution in [2.45, 2.75) is 58.8 Å². The third-order valence-electron chi connectivity index (χ3n) is 4.87. The van der Waals surface area contributed by atoms with Crippen LogP contribution in [0.1, 0.15) is 58.8 Å². The Morgan fingerprint density at radius 2 is 2.13 bits per heavy atom. The zero-order chi connectivity index (χ0) is 10.9. The van der Waals surface area contributed by atoms with E-state index in [0.29, 0.717) is 12.0 Å². The van der Waals surface area contributed by atoms with Crippen molar-refractivity contribution >= 4 is 0 Å². The number of hydrogen-bond donors (Lipinski definition) is 1. The van der Waals surface area contributed by atoms with Gasteiger partial charge >= 0.3 is 0 Å². The van der Waals surface area contributed by atoms with E-state index in [1.807, 2.05) is 0 Å². The molecule has 1 heteroatoms. The van der Waals surface area contributed by atoms with Crippen LogP contribution in [0, 0.1) is 23.2 Å². The van der Waals surface area contributed by atoms with Gasteiger partial charge < -0.3 is 5.11 Å². The first kappa shape index (κ1) is 11.4. The lowest BCUT2D eigenvalue weighted by molar-refractivity contribution is 0.0529. The van der Waals surface area contributed by atoms with E-state index < -0.39 is 0 Å². The van der Waals surface area contributed by atoms with E-state index in [4.69, 9.17) is 0 Å². The lowest BCUT2D eigenvalue weighted by atomic mass is 9.70. The Morgan fingerprint density at radius 3 is 2.60 bits per heavy atom. The summed E-state index contributed by atoms with van der Waals surface area (Å²) < 4.78 is 0. The standard InChI is InChI=1S/C14H26O/c1-11(2)4-3-7-14(10-15)9-12-5-6-13(14)8-12/h11-13,15H,3-10H2,1-2H3. The molecule has 3 unspecified atom stereocenters. The zero-order valence-corrected chi connectivity index (χ0v) is 10.3. The second kappa shape index (κ2) is 4.45. The molecule has 0 aromatic carbocycles. The molecule has 2 bridgehead atoms. The summed E-state index contributed by atoms with van der Waals surface area (Å²) >= 11 is 0. The maximum Gasteiger partial charge on any atom is 0.0490 e. The minimum atomic E-state index is 0.345. The average Bonchev–Trinajstić information content (AvgIpc) is 2.77. The minimum absolute atomic E-state index is 0.345. The quantitative estimate of drug-likeness (QED) is 0.735. The summed E-state index contributed by atoms with van der Waals surface area (Å²) in [7, 11) is 0. The van der Waals surface area contributed by atoms with Crippen LogP contribution >= 0.6 is 0 Å². The van der Waals surface area contributed by atoms with Crippen LogP contribution in [0.2, 0.25) is 0 Å². The van der Waals surface area contributed by atoms with Crippen molar-refractivity contribution < 1.29 is 5.11 Å². The van der Waals surface area contributed by atoms with E-state index in [2.05, 4.69) is 13.8 Å². The maximum absolute atomic E-state index is 9.70. The Labute approximate surface area is 94.3 Å². The third kappa shape index (κ3) is 2.22. The van der Waals surface area contributed by atoms with Gasteiger partial charge in [0.05, 0.1) is 0 Å². The van der Waals surface area contributed by atoms with Gasteiger partial charge in [-0.2, -0.15) is 0 Å². The van der Waals surface area contributed by atoms with Crippen LogP contribution in [0.15, 0.2) is 0 Å². The van der Waals surface area contributed by atoms with Crippen LogP contribution in [0.5, 0.6) is 0 Å². The van der Waals surface area contributed by atoms with E-state index in [9.17, 15) is 5.11 Å². The fraction of sp³-hybridized carbons (Fsp3) is 1.00. The average molecular weight is 210 g/mol. The van der Waals surface area contributed by atoms with Crippen molar-refractivity contribution in [3.05, 3.63) is 0 Å². The molecule has 15 heavy (non-hydrogen) atoms. The molecule has 0 aromatic rings. The van der Waals surface area contributed by atoms with Gasteiger partial charge in [-0.25, -0.2) is 0 Å². The largest absolute Gasteiger partial charge is 0.396 e. The molecule has 0 aromatic heterocycles. The van der Waals surface area contributed by atoms with Gasteiger partial charge in [-0.3, -0.25) is 0 Å². The van der Waals surface area contributed by atoms with E-state index in [1.165, 1.54) is 44.9 Å². The van der Waals surface area contributed by atoms with Crippen LogP contribution in [0.25, 0.3) is 0 Å². The summed E-state index contributed by atoms with van der Waals surface area (Å²) in [4.78, 5) is 0. The monoisotopic (exact) mass is 210 g/mol. The molecule has 1 N–H and O–H groups in total.